The molecule has 0 spiro atoms. The summed E-state index contributed by atoms with van der Waals surface area (Å²) in [6.45, 7) is 23.4. The average molecular weight is 539 g/mol. The second-order valence-corrected chi connectivity index (χ2v) is 11.3. The second kappa shape index (κ2) is 13.4. The van der Waals surface area contributed by atoms with Gasteiger partial charge in [-0.3, -0.25) is 0 Å². The van der Waals surface area contributed by atoms with Crippen molar-refractivity contribution in [2.45, 2.75) is 79.4 Å². The molecular formula is C32H42O7. The molecule has 0 aliphatic heterocycles. The molecule has 0 unspecified atom stereocenters. The van der Waals surface area contributed by atoms with Crippen LogP contribution in [0.1, 0.15) is 86.2 Å². The summed E-state index contributed by atoms with van der Waals surface area (Å²) in [4.78, 5) is 24.5. The van der Waals surface area contributed by atoms with Gasteiger partial charge in [0, 0.05) is 12.8 Å². The molecule has 0 saturated carbocycles. The zero-order chi connectivity index (χ0) is 29.4. The monoisotopic (exact) mass is 538 g/mol. The first-order chi connectivity index (χ1) is 18.0. The van der Waals surface area contributed by atoms with Crippen LogP contribution in [-0.2, 0) is 14.2 Å². The van der Waals surface area contributed by atoms with Gasteiger partial charge in [-0.1, -0.05) is 13.2 Å². The van der Waals surface area contributed by atoms with E-state index in [4.69, 9.17) is 23.7 Å². The van der Waals surface area contributed by atoms with E-state index in [2.05, 4.69) is 13.2 Å². The topological polar surface area (TPSA) is 80.3 Å². The van der Waals surface area contributed by atoms with E-state index in [1.54, 1.807) is 36.4 Å². The number of esters is 2. The van der Waals surface area contributed by atoms with E-state index >= 15 is 0 Å². The number of benzene rings is 2. The van der Waals surface area contributed by atoms with Gasteiger partial charge in [-0.2, -0.15) is 0 Å². The van der Waals surface area contributed by atoms with Crippen molar-refractivity contribution >= 4 is 11.9 Å². The second-order valence-electron chi connectivity index (χ2n) is 11.3. The normalized spacial score (nSPS) is 11.4. The van der Waals surface area contributed by atoms with E-state index in [-0.39, 0.29) is 11.9 Å². The highest BCUT2D eigenvalue weighted by Gasteiger charge is 2.19. The predicted octanol–water partition coefficient (Wildman–Crippen LogP) is 7.50. The molecule has 2 aromatic rings. The first-order valence-electron chi connectivity index (χ1n) is 13.0. The highest BCUT2D eigenvalue weighted by atomic mass is 16.6. The van der Waals surface area contributed by atoms with Gasteiger partial charge in [0.15, 0.2) is 0 Å². The van der Waals surface area contributed by atoms with E-state index in [1.165, 1.54) is 0 Å². The Morgan fingerprint density at radius 3 is 1.33 bits per heavy atom. The maximum absolute atomic E-state index is 12.3. The van der Waals surface area contributed by atoms with Crippen LogP contribution in [0.3, 0.4) is 0 Å². The molecule has 0 bridgehead atoms. The third-order valence-corrected chi connectivity index (χ3v) is 5.18. The highest BCUT2D eigenvalue weighted by Crippen LogP contribution is 2.23. The van der Waals surface area contributed by atoms with Crippen molar-refractivity contribution in [2.24, 2.45) is 0 Å². The number of hydrogen-bond donors (Lipinski definition) is 0. The summed E-state index contributed by atoms with van der Waals surface area (Å²) in [7, 11) is 0. The molecule has 0 amide bonds. The predicted molar refractivity (Wildman–Crippen MR) is 152 cm³/mol. The van der Waals surface area contributed by atoms with Gasteiger partial charge in [-0.05, 0) is 103 Å². The van der Waals surface area contributed by atoms with Crippen LogP contribution in [0, 0.1) is 13.8 Å². The molecule has 2 rings (SSSR count). The molecule has 2 aromatic carbocycles. The van der Waals surface area contributed by atoms with E-state index in [9.17, 15) is 9.59 Å². The standard InChI is InChI=1S/C32H42O7/c1-21-19-25(29(33)38-31(5,6)7)11-13-27(21)35-17-15-23(3)37-24(4)16-18-36-28-14-12-26(20-22(28)2)30(34)39-32(8,9)10/h11-14,19-20H,3-4,15-18H2,1-2,5-10H3. The number of hydrogen-bond acceptors (Lipinski definition) is 7. The van der Waals surface area contributed by atoms with Crippen LogP contribution in [0.4, 0.5) is 0 Å². The fraction of sp³-hybridized carbons (Fsp3) is 0.438. The quantitative estimate of drug-likeness (QED) is 0.204. The van der Waals surface area contributed by atoms with Gasteiger partial charge in [0.25, 0.3) is 0 Å². The van der Waals surface area contributed by atoms with Crippen LogP contribution < -0.4 is 9.47 Å². The molecule has 7 heteroatoms. The van der Waals surface area contributed by atoms with Gasteiger partial charge in [0.1, 0.15) is 22.7 Å². The first-order valence-corrected chi connectivity index (χ1v) is 13.0. The fourth-order valence-corrected chi connectivity index (χ4v) is 3.41. The van der Waals surface area contributed by atoms with E-state index < -0.39 is 11.2 Å². The number of aryl methyl sites for hydroxylation is 2. The van der Waals surface area contributed by atoms with Crippen LogP contribution in [0.25, 0.3) is 0 Å². The van der Waals surface area contributed by atoms with Crippen molar-refractivity contribution in [1.82, 2.24) is 0 Å². The maximum atomic E-state index is 12.3. The molecule has 0 fully saturated rings. The molecule has 0 atom stereocenters. The Balaban J connectivity index is 1.74. The lowest BCUT2D eigenvalue weighted by Crippen LogP contribution is -2.23. The third kappa shape index (κ3) is 11.3. The lowest BCUT2D eigenvalue weighted by molar-refractivity contribution is 0.00568. The minimum atomic E-state index is -0.551. The van der Waals surface area contributed by atoms with Crippen molar-refractivity contribution in [3.05, 3.63) is 83.3 Å². The zero-order valence-electron chi connectivity index (χ0n) is 24.6. The molecule has 39 heavy (non-hydrogen) atoms. The van der Waals surface area contributed by atoms with Gasteiger partial charge < -0.3 is 23.7 Å². The molecule has 212 valence electrons. The Morgan fingerprint density at radius 2 is 1.03 bits per heavy atom. The molecule has 0 N–H and O–H groups in total. The summed E-state index contributed by atoms with van der Waals surface area (Å²) in [5.74, 6) is 1.68. The number of carbonyl (C=O) groups is 2. The van der Waals surface area contributed by atoms with Crippen molar-refractivity contribution in [1.29, 1.82) is 0 Å². The molecular weight excluding hydrogens is 496 g/mol. The molecule has 0 aromatic heterocycles. The third-order valence-electron chi connectivity index (χ3n) is 5.18. The average Bonchev–Trinajstić information content (AvgIpc) is 2.78. The van der Waals surface area contributed by atoms with Crippen LogP contribution in [0.5, 0.6) is 11.5 Å². The molecule has 0 aliphatic carbocycles. The summed E-state index contributed by atoms with van der Waals surface area (Å²) < 4.78 is 28.2. The SMILES string of the molecule is C=C(CCOc1ccc(C(=O)OC(C)(C)C)cc1C)OC(=C)CCOc1ccc(C(=O)OC(C)(C)C)cc1C. The van der Waals surface area contributed by atoms with Crippen molar-refractivity contribution < 1.29 is 33.3 Å². The van der Waals surface area contributed by atoms with E-state index in [0.29, 0.717) is 60.2 Å². The van der Waals surface area contributed by atoms with Crippen LogP contribution >= 0.6 is 0 Å². The number of carbonyl (C=O) groups excluding carboxylic acids is 2. The maximum Gasteiger partial charge on any atom is 0.338 e. The Bertz CT molecular complexity index is 1100. The number of rotatable bonds is 12. The highest BCUT2D eigenvalue weighted by molar-refractivity contribution is 5.90. The van der Waals surface area contributed by atoms with Gasteiger partial charge in [-0.15, -0.1) is 0 Å². The van der Waals surface area contributed by atoms with Gasteiger partial charge in [0.05, 0.1) is 35.9 Å². The zero-order valence-corrected chi connectivity index (χ0v) is 24.6. The van der Waals surface area contributed by atoms with Crippen molar-refractivity contribution in [3.8, 4) is 11.5 Å². The molecule has 0 heterocycles. The Hall–Kier alpha value is -3.74. The van der Waals surface area contributed by atoms with Gasteiger partial charge in [0.2, 0.25) is 0 Å². The van der Waals surface area contributed by atoms with Gasteiger partial charge in [-0.25, -0.2) is 9.59 Å². The van der Waals surface area contributed by atoms with Crippen LogP contribution in [0.15, 0.2) is 61.1 Å². The Morgan fingerprint density at radius 1 is 0.667 bits per heavy atom. The molecule has 7 nitrogen and oxygen atoms in total. The minimum absolute atomic E-state index is 0.360. The summed E-state index contributed by atoms with van der Waals surface area (Å²) in [6, 6.07) is 10.4. The van der Waals surface area contributed by atoms with Gasteiger partial charge >= 0.3 is 11.9 Å². The Labute approximate surface area is 232 Å². The summed E-state index contributed by atoms with van der Waals surface area (Å²) in [6.07, 6.45) is 0.941. The van der Waals surface area contributed by atoms with Crippen LogP contribution in [0.2, 0.25) is 0 Å². The lowest BCUT2D eigenvalue weighted by atomic mass is 10.1. The fourth-order valence-electron chi connectivity index (χ4n) is 3.41. The molecule has 0 aliphatic rings. The Kier molecular flexibility index (Phi) is 10.8. The van der Waals surface area contributed by atoms with Crippen molar-refractivity contribution in [3.63, 3.8) is 0 Å². The smallest absolute Gasteiger partial charge is 0.338 e. The molecule has 0 radical (unpaired) electrons. The lowest BCUT2D eigenvalue weighted by Gasteiger charge is -2.20. The van der Waals surface area contributed by atoms with E-state index in [0.717, 1.165) is 11.1 Å². The molecule has 0 saturated heterocycles. The largest absolute Gasteiger partial charge is 0.493 e. The van der Waals surface area contributed by atoms with E-state index in [1.807, 2.05) is 55.4 Å². The number of ether oxygens (including phenoxy) is 5. The van der Waals surface area contributed by atoms with Crippen LogP contribution in [-0.4, -0.2) is 36.4 Å². The summed E-state index contributed by atoms with van der Waals surface area (Å²) in [5.41, 5.74) is 1.53. The van der Waals surface area contributed by atoms with Crippen molar-refractivity contribution in [2.75, 3.05) is 13.2 Å². The summed E-state index contributed by atoms with van der Waals surface area (Å²) in [5, 5.41) is 0. The first kappa shape index (κ1) is 31.5. The summed E-state index contributed by atoms with van der Waals surface area (Å²) >= 11 is 0. The minimum Gasteiger partial charge on any atom is -0.493 e.